The highest BCUT2D eigenvalue weighted by molar-refractivity contribution is 6.08. The summed E-state index contributed by atoms with van der Waals surface area (Å²) in [5.41, 5.74) is 1.64. The van der Waals surface area contributed by atoms with Crippen molar-refractivity contribution in [2.45, 2.75) is 39.5 Å². The molecule has 0 bridgehead atoms. The summed E-state index contributed by atoms with van der Waals surface area (Å²) in [5, 5.41) is 0. The van der Waals surface area contributed by atoms with E-state index in [0.717, 1.165) is 24.0 Å². The molecule has 0 aliphatic rings. The minimum atomic E-state index is 0.137. The molecule has 0 spiro atoms. The molecule has 0 saturated carbocycles. The summed E-state index contributed by atoms with van der Waals surface area (Å²) < 4.78 is 0. The van der Waals surface area contributed by atoms with Crippen molar-refractivity contribution in [3.05, 3.63) is 59.7 Å². The Balaban J connectivity index is 2.57. The van der Waals surface area contributed by atoms with Gasteiger partial charge in [-0.25, -0.2) is 0 Å². The molecule has 0 aromatic heterocycles. The third kappa shape index (κ3) is 4.70. The minimum absolute atomic E-state index is 0.137. The van der Waals surface area contributed by atoms with Crippen LogP contribution in [0.4, 0.5) is 0 Å². The van der Waals surface area contributed by atoms with Crippen LogP contribution in [0.25, 0.3) is 0 Å². The van der Waals surface area contributed by atoms with Crippen LogP contribution in [0.5, 0.6) is 0 Å². The summed E-state index contributed by atoms with van der Waals surface area (Å²) in [7, 11) is 0. The van der Waals surface area contributed by atoms with E-state index >= 15 is 0 Å². The van der Waals surface area contributed by atoms with Crippen molar-refractivity contribution in [1.82, 2.24) is 0 Å². The van der Waals surface area contributed by atoms with Crippen LogP contribution >= 0.6 is 0 Å². The van der Waals surface area contributed by atoms with E-state index < -0.39 is 0 Å². The Bertz CT molecular complexity index is 412. The summed E-state index contributed by atoms with van der Waals surface area (Å²) in [5.74, 6) is 0.137. The highest BCUT2D eigenvalue weighted by atomic mass is 16.1. The molecule has 0 radical (unpaired) electrons. The van der Waals surface area contributed by atoms with Gasteiger partial charge in [0.2, 0.25) is 0 Å². The van der Waals surface area contributed by atoms with Crippen molar-refractivity contribution in [1.29, 1.82) is 0 Å². The van der Waals surface area contributed by atoms with Crippen molar-refractivity contribution >= 4 is 5.78 Å². The van der Waals surface area contributed by atoms with Gasteiger partial charge in [-0.3, -0.25) is 4.79 Å². The maximum Gasteiger partial charge on any atom is 0.188 e. The van der Waals surface area contributed by atoms with Crippen molar-refractivity contribution < 1.29 is 4.79 Å². The average Bonchev–Trinajstić information content (AvgIpc) is 2.43. The topological polar surface area (TPSA) is 17.1 Å². The summed E-state index contributed by atoms with van der Waals surface area (Å²) in [6, 6.07) is 9.46. The number of benzene rings is 1. The van der Waals surface area contributed by atoms with Gasteiger partial charge in [0.05, 0.1) is 0 Å². The standard InChI is InChI=1S/C17H22O/c1-3-5-6-7-9-12-15(4-2)17(18)16-13-10-8-11-14-16/h4,7-11,13-14H,3,5-6,12H2,1-2H3. The molecular formula is C17H22O. The van der Waals surface area contributed by atoms with Gasteiger partial charge in [-0.2, -0.15) is 0 Å². The molecule has 18 heavy (non-hydrogen) atoms. The normalized spacial score (nSPS) is 12.0. The molecule has 1 aromatic rings. The number of carbonyl (C=O) groups excluding carboxylic acids is 1. The van der Waals surface area contributed by atoms with E-state index in [9.17, 15) is 4.79 Å². The Hall–Kier alpha value is -1.63. The molecule has 0 saturated heterocycles. The van der Waals surface area contributed by atoms with Crippen LogP contribution < -0.4 is 0 Å². The Morgan fingerprint density at radius 2 is 1.89 bits per heavy atom. The molecule has 0 aliphatic heterocycles. The van der Waals surface area contributed by atoms with Crippen LogP contribution in [0.1, 0.15) is 49.9 Å². The van der Waals surface area contributed by atoms with Crippen LogP contribution in [0.2, 0.25) is 0 Å². The molecule has 96 valence electrons. The maximum atomic E-state index is 12.2. The van der Waals surface area contributed by atoms with E-state index in [1.165, 1.54) is 12.8 Å². The molecule has 1 heteroatoms. The van der Waals surface area contributed by atoms with Gasteiger partial charge in [0.1, 0.15) is 0 Å². The Morgan fingerprint density at radius 1 is 1.17 bits per heavy atom. The molecular weight excluding hydrogens is 220 g/mol. The first-order chi connectivity index (χ1) is 8.79. The van der Waals surface area contributed by atoms with Crippen LogP contribution in [0.3, 0.4) is 0 Å². The number of allylic oxidation sites excluding steroid dienone is 4. The fraction of sp³-hybridized carbons (Fsp3) is 0.353. The lowest BCUT2D eigenvalue weighted by Crippen LogP contribution is -2.02. The van der Waals surface area contributed by atoms with Gasteiger partial charge in [-0.05, 0) is 25.3 Å². The number of hydrogen-bond acceptors (Lipinski definition) is 1. The summed E-state index contributed by atoms with van der Waals surface area (Å²) >= 11 is 0. The van der Waals surface area contributed by atoms with E-state index in [1.54, 1.807) is 0 Å². The van der Waals surface area contributed by atoms with E-state index in [1.807, 2.05) is 43.3 Å². The molecule has 1 nitrogen and oxygen atoms in total. The van der Waals surface area contributed by atoms with Crippen LogP contribution in [0.15, 0.2) is 54.1 Å². The van der Waals surface area contributed by atoms with E-state index in [0.29, 0.717) is 0 Å². The van der Waals surface area contributed by atoms with Gasteiger partial charge < -0.3 is 0 Å². The number of unbranched alkanes of at least 4 members (excludes halogenated alkanes) is 2. The van der Waals surface area contributed by atoms with E-state index in [4.69, 9.17) is 0 Å². The second-order valence-corrected chi connectivity index (χ2v) is 4.33. The molecule has 0 unspecified atom stereocenters. The van der Waals surface area contributed by atoms with Gasteiger partial charge in [0.25, 0.3) is 0 Å². The smallest absolute Gasteiger partial charge is 0.188 e. The predicted molar refractivity (Wildman–Crippen MR) is 77.8 cm³/mol. The lowest BCUT2D eigenvalue weighted by atomic mass is 10.0. The molecule has 0 fully saturated rings. The number of Topliss-reactive ketones (excluding diaryl/α,β-unsaturated/α-hetero) is 1. The number of hydrogen-bond donors (Lipinski definition) is 0. The van der Waals surface area contributed by atoms with E-state index in [-0.39, 0.29) is 5.78 Å². The van der Waals surface area contributed by atoms with Crippen molar-refractivity contribution in [2.24, 2.45) is 0 Å². The van der Waals surface area contributed by atoms with Gasteiger partial charge in [0.15, 0.2) is 5.78 Å². The van der Waals surface area contributed by atoms with Gasteiger partial charge in [0, 0.05) is 5.56 Å². The fourth-order valence-corrected chi connectivity index (χ4v) is 1.77. The quantitative estimate of drug-likeness (QED) is 0.286. The molecule has 0 atom stereocenters. The number of ketones is 1. The highest BCUT2D eigenvalue weighted by Crippen LogP contribution is 2.12. The van der Waals surface area contributed by atoms with Gasteiger partial charge in [-0.15, -0.1) is 0 Å². The Labute approximate surface area is 110 Å². The Kier molecular flexibility index (Phi) is 6.78. The summed E-state index contributed by atoms with van der Waals surface area (Å²) in [4.78, 5) is 12.2. The third-order valence-electron chi connectivity index (χ3n) is 2.90. The zero-order chi connectivity index (χ0) is 13.2. The van der Waals surface area contributed by atoms with Crippen molar-refractivity contribution in [3.63, 3.8) is 0 Å². The molecule has 1 rings (SSSR count). The lowest BCUT2D eigenvalue weighted by Gasteiger charge is -2.03. The van der Waals surface area contributed by atoms with Crippen molar-refractivity contribution in [3.8, 4) is 0 Å². The molecule has 0 N–H and O–H groups in total. The molecule has 0 aliphatic carbocycles. The molecule has 0 heterocycles. The minimum Gasteiger partial charge on any atom is -0.289 e. The summed E-state index contributed by atoms with van der Waals surface area (Å²) in [6.45, 7) is 4.11. The zero-order valence-electron chi connectivity index (χ0n) is 11.4. The second kappa shape index (κ2) is 8.46. The molecule has 0 amide bonds. The van der Waals surface area contributed by atoms with Crippen LogP contribution in [-0.2, 0) is 0 Å². The maximum absolute atomic E-state index is 12.2. The van der Waals surface area contributed by atoms with Gasteiger partial charge in [-0.1, -0.05) is 68.3 Å². The first-order valence-corrected chi connectivity index (χ1v) is 6.69. The third-order valence-corrected chi connectivity index (χ3v) is 2.90. The van der Waals surface area contributed by atoms with Crippen LogP contribution in [0, 0.1) is 0 Å². The molecule has 1 aromatic carbocycles. The lowest BCUT2D eigenvalue weighted by molar-refractivity contribution is 0.103. The number of carbonyl (C=O) groups is 1. The largest absolute Gasteiger partial charge is 0.289 e. The average molecular weight is 242 g/mol. The van der Waals surface area contributed by atoms with Gasteiger partial charge >= 0.3 is 0 Å². The van der Waals surface area contributed by atoms with Crippen LogP contribution in [-0.4, -0.2) is 5.78 Å². The monoisotopic (exact) mass is 242 g/mol. The fourth-order valence-electron chi connectivity index (χ4n) is 1.77. The first kappa shape index (κ1) is 14.4. The summed E-state index contributed by atoms with van der Waals surface area (Å²) in [6.07, 6.45) is 10.5. The highest BCUT2D eigenvalue weighted by Gasteiger charge is 2.08. The zero-order valence-corrected chi connectivity index (χ0v) is 11.4. The number of rotatable bonds is 7. The Morgan fingerprint density at radius 3 is 2.50 bits per heavy atom. The predicted octanol–water partition coefficient (Wildman–Crippen LogP) is 4.95. The van der Waals surface area contributed by atoms with E-state index in [2.05, 4.69) is 19.1 Å². The first-order valence-electron chi connectivity index (χ1n) is 6.69. The SMILES string of the molecule is CC=C(CC=CCCCC)C(=O)c1ccccc1. The van der Waals surface area contributed by atoms with Crippen molar-refractivity contribution in [2.75, 3.05) is 0 Å². The second-order valence-electron chi connectivity index (χ2n) is 4.33.